The second-order valence-corrected chi connectivity index (χ2v) is 9.71. The summed E-state index contributed by atoms with van der Waals surface area (Å²) >= 11 is 0. The van der Waals surface area contributed by atoms with Crippen LogP contribution in [-0.4, -0.2) is 78.4 Å². The number of halogens is 1. The maximum Gasteiger partial charge on any atom is 0.259 e. The van der Waals surface area contributed by atoms with Crippen LogP contribution in [0.15, 0.2) is 35.1 Å². The Morgan fingerprint density at radius 3 is 2.49 bits per heavy atom. The SMILES string of the molecule is Cc1cc(=O)c(C(=O)N2C[C@@H](C)O[C@@H](C)C2)c(Cc2cccc(F)c2)n1CCCN1CCOCC1. The minimum Gasteiger partial charge on any atom is -0.379 e. The molecular weight excluding hydrogens is 449 g/mol. The van der Waals surface area contributed by atoms with Crippen LogP contribution >= 0.6 is 0 Å². The van der Waals surface area contributed by atoms with Crippen molar-refractivity contribution in [2.45, 2.75) is 52.4 Å². The molecule has 2 aliphatic rings. The second-order valence-electron chi connectivity index (χ2n) is 9.71. The number of nitrogens with zero attached hydrogens (tertiary/aromatic N) is 3. The van der Waals surface area contributed by atoms with Gasteiger partial charge in [0.05, 0.1) is 25.4 Å². The molecule has 1 amide bonds. The summed E-state index contributed by atoms with van der Waals surface area (Å²) < 4.78 is 27.3. The van der Waals surface area contributed by atoms with E-state index in [1.165, 1.54) is 12.1 Å². The molecule has 2 aliphatic heterocycles. The summed E-state index contributed by atoms with van der Waals surface area (Å²) in [6.45, 7) is 11.5. The first-order chi connectivity index (χ1) is 16.8. The number of benzene rings is 1. The highest BCUT2D eigenvalue weighted by molar-refractivity contribution is 5.95. The molecule has 2 saturated heterocycles. The number of hydrogen-bond acceptors (Lipinski definition) is 5. The van der Waals surface area contributed by atoms with Gasteiger partial charge in [0.2, 0.25) is 0 Å². The largest absolute Gasteiger partial charge is 0.379 e. The summed E-state index contributed by atoms with van der Waals surface area (Å²) in [5.74, 6) is -0.606. The van der Waals surface area contributed by atoms with E-state index in [2.05, 4.69) is 9.47 Å². The molecule has 2 fully saturated rings. The second kappa shape index (κ2) is 11.5. The van der Waals surface area contributed by atoms with E-state index in [4.69, 9.17) is 9.47 Å². The summed E-state index contributed by atoms with van der Waals surface area (Å²) in [7, 11) is 0. The van der Waals surface area contributed by atoms with Crippen LogP contribution in [0.25, 0.3) is 0 Å². The third kappa shape index (κ3) is 6.37. The van der Waals surface area contributed by atoms with Gasteiger partial charge in [0.1, 0.15) is 11.4 Å². The van der Waals surface area contributed by atoms with E-state index in [9.17, 15) is 14.0 Å². The van der Waals surface area contributed by atoms with E-state index in [0.29, 0.717) is 31.7 Å². The minimum atomic E-state index is -0.333. The molecule has 8 heteroatoms. The third-order valence-electron chi connectivity index (χ3n) is 6.77. The van der Waals surface area contributed by atoms with Crippen LogP contribution in [0.5, 0.6) is 0 Å². The summed E-state index contributed by atoms with van der Waals surface area (Å²) in [5, 5.41) is 0. The van der Waals surface area contributed by atoms with Crippen LogP contribution in [0.4, 0.5) is 4.39 Å². The van der Waals surface area contributed by atoms with Crippen LogP contribution in [0.2, 0.25) is 0 Å². The third-order valence-corrected chi connectivity index (χ3v) is 6.77. The Hall–Kier alpha value is -2.55. The molecule has 2 aromatic rings. The number of aryl methyl sites for hydroxylation is 1. The summed E-state index contributed by atoms with van der Waals surface area (Å²) in [4.78, 5) is 31.1. The molecule has 35 heavy (non-hydrogen) atoms. The Morgan fingerprint density at radius 2 is 1.80 bits per heavy atom. The molecule has 1 aromatic carbocycles. The molecule has 4 rings (SSSR count). The molecule has 0 spiro atoms. The van der Waals surface area contributed by atoms with Crippen molar-refractivity contribution in [3.8, 4) is 0 Å². The quantitative estimate of drug-likeness (QED) is 0.604. The Balaban J connectivity index is 1.68. The minimum absolute atomic E-state index is 0.101. The van der Waals surface area contributed by atoms with Crippen molar-refractivity contribution in [2.75, 3.05) is 45.9 Å². The zero-order valence-electron chi connectivity index (χ0n) is 21.0. The summed E-state index contributed by atoms with van der Waals surface area (Å²) in [5.41, 5.74) is 2.10. The molecule has 0 unspecified atom stereocenters. The van der Waals surface area contributed by atoms with Crippen LogP contribution < -0.4 is 5.43 Å². The molecule has 190 valence electrons. The summed E-state index contributed by atoms with van der Waals surface area (Å²) in [6, 6.07) is 7.93. The predicted molar refractivity (Wildman–Crippen MR) is 132 cm³/mol. The van der Waals surface area contributed by atoms with E-state index in [0.717, 1.165) is 50.5 Å². The van der Waals surface area contributed by atoms with E-state index in [1.807, 2.05) is 26.8 Å². The maximum absolute atomic E-state index is 14.0. The van der Waals surface area contributed by atoms with Gasteiger partial charge in [-0.15, -0.1) is 0 Å². The Labute approximate surface area is 206 Å². The number of aromatic nitrogens is 1. The number of ether oxygens (including phenoxy) is 2. The van der Waals surface area contributed by atoms with Gasteiger partial charge in [-0.25, -0.2) is 4.39 Å². The number of hydrogen-bond donors (Lipinski definition) is 0. The van der Waals surface area contributed by atoms with E-state index < -0.39 is 0 Å². The summed E-state index contributed by atoms with van der Waals surface area (Å²) in [6.07, 6.45) is 0.980. The smallest absolute Gasteiger partial charge is 0.259 e. The van der Waals surface area contributed by atoms with Crippen molar-refractivity contribution in [1.82, 2.24) is 14.4 Å². The number of rotatable bonds is 7. The van der Waals surface area contributed by atoms with E-state index >= 15 is 0 Å². The van der Waals surface area contributed by atoms with Gasteiger partial charge >= 0.3 is 0 Å². The van der Waals surface area contributed by atoms with Gasteiger partial charge in [-0.2, -0.15) is 0 Å². The number of morpholine rings is 2. The highest BCUT2D eigenvalue weighted by Gasteiger charge is 2.30. The Bertz CT molecular complexity index is 1090. The number of carbonyl (C=O) groups is 1. The number of pyridine rings is 1. The molecule has 1 aromatic heterocycles. The zero-order valence-corrected chi connectivity index (χ0v) is 21.0. The molecule has 0 bridgehead atoms. The van der Waals surface area contributed by atoms with Crippen molar-refractivity contribution < 1.29 is 18.7 Å². The lowest BCUT2D eigenvalue weighted by Gasteiger charge is -2.35. The number of amides is 1. The monoisotopic (exact) mass is 485 g/mol. The zero-order chi connectivity index (χ0) is 24.9. The molecule has 0 aliphatic carbocycles. The van der Waals surface area contributed by atoms with Crippen LogP contribution in [-0.2, 0) is 22.4 Å². The van der Waals surface area contributed by atoms with E-state index in [1.54, 1.807) is 17.0 Å². The fourth-order valence-electron chi connectivity index (χ4n) is 5.17. The molecule has 0 saturated carbocycles. The first kappa shape index (κ1) is 25.5. The topological polar surface area (TPSA) is 64.0 Å². The van der Waals surface area contributed by atoms with Crippen molar-refractivity contribution in [3.05, 3.63) is 68.9 Å². The predicted octanol–water partition coefficient (Wildman–Crippen LogP) is 2.86. The number of carbonyl (C=O) groups excluding carboxylic acids is 1. The van der Waals surface area contributed by atoms with Gasteiger partial charge < -0.3 is 18.9 Å². The van der Waals surface area contributed by atoms with Gasteiger partial charge in [-0.05, 0) is 44.9 Å². The lowest BCUT2D eigenvalue weighted by atomic mass is 10.0. The molecule has 3 heterocycles. The van der Waals surface area contributed by atoms with Gasteiger partial charge in [0.25, 0.3) is 5.91 Å². The fraction of sp³-hybridized carbons (Fsp3) is 0.556. The highest BCUT2D eigenvalue weighted by Crippen LogP contribution is 2.20. The van der Waals surface area contributed by atoms with Gasteiger partial charge in [-0.3, -0.25) is 14.5 Å². The van der Waals surface area contributed by atoms with E-state index in [-0.39, 0.29) is 34.9 Å². The molecular formula is C27H36FN3O4. The van der Waals surface area contributed by atoms with Gasteiger partial charge in [-0.1, -0.05) is 12.1 Å². The average Bonchev–Trinajstić information content (AvgIpc) is 2.81. The molecule has 2 atom stereocenters. The molecule has 0 radical (unpaired) electrons. The lowest BCUT2D eigenvalue weighted by Crippen LogP contribution is -2.49. The van der Waals surface area contributed by atoms with Crippen LogP contribution in [0, 0.1) is 12.7 Å². The highest BCUT2D eigenvalue weighted by atomic mass is 19.1. The first-order valence-corrected chi connectivity index (χ1v) is 12.5. The maximum atomic E-state index is 14.0. The van der Waals surface area contributed by atoms with Gasteiger partial charge in [0.15, 0.2) is 5.43 Å². The Morgan fingerprint density at radius 1 is 1.09 bits per heavy atom. The Kier molecular flexibility index (Phi) is 8.36. The van der Waals surface area contributed by atoms with Crippen molar-refractivity contribution in [2.24, 2.45) is 0 Å². The lowest BCUT2D eigenvalue weighted by molar-refractivity contribution is -0.0586. The normalized spacial score (nSPS) is 21.3. The fourth-order valence-corrected chi connectivity index (χ4v) is 5.17. The van der Waals surface area contributed by atoms with Gasteiger partial charge in [0, 0.05) is 63.1 Å². The van der Waals surface area contributed by atoms with Crippen molar-refractivity contribution >= 4 is 5.91 Å². The molecule has 0 N–H and O–H groups in total. The van der Waals surface area contributed by atoms with Crippen LogP contribution in [0.1, 0.15) is 47.6 Å². The van der Waals surface area contributed by atoms with Crippen molar-refractivity contribution in [3.63, 3.8) is 0 Å². The molecule has 7 nitrogen and oxygen atoms in total. The first-order valence-electron chi connectivity index (χ1n) is 12.5. The average molecular weight is 486 g/mol. The standard InChI is InChI=1S/C27H36FN3O4/c1-19-14-25(32)26(27(33)30-17-20(2)35-21(3)18-30)24(16-22-6-4-7-23(28)15-22)31(19)9-5-8-29-10-12-34-13-11-29/h4,6-7,14-15,20-21H,5,8-13,16-18H2,1-3H3/t20-,21+. The van der Waals surface area contributed by atoms with Crippen LogP contribution in [0.3, 0.4) is 0 Å². The van der Waals surface area contributed by atoms with Crippen molar-refractivity contribution in [1.29, 1.82) is 0 Å².